The van der Waals surface area contributed by atoms with E-state index in [9.17, 15) is 5.11 Å². The molecule has 2 aliphatic rings. The maximum atomic E-state index is 9.41. The molecule has 1 saturated heterocycles. The Morgan fingerprint density at radius 2 is 1.73 bits per heavy atom. The third-order valence-corrected chi connectivity index (χ3v) is 4.11. The first-order valence-electron chi connectivity index (χ1n) is 6.34. The molecule has 1 heterocycles. The third-order valence-electron chi connectivity index (χ3n) is 4.11. The van der Waals surface area contributed by atoms with Gasteiger partial charge in [0.05, 0.1) is 0 Å². The molecule has 0 bridgehead atoms. The van der Waals surface area contributed by atoms with Crippen LogP contribution in [-0.2, 0) is 0 Å². The molecule has 2 rings (SSSR count). The predicted octanol–water partition coefficient (Wildman–Crippen LogP) is 0.785. The van der Waals surface area contributed by atoms with Gasteiger partial charge in [-0.3, -0.25) is 4.90 Å². The Morgan fingerprint density at radius 1 is 1.07 bits per heavy atom. The van der Waals surface area contributed by atoms with Crippen LogP contribution in [-0.4, -0.2) is 60.8 Å². The molecule has 0 aromatic heterocycles. The minimum Gasteiger partial charge on any atom is -0.396 e. The second-order valence-corrected chi connectivity index (χ2v) is 5.13. The van der Waals surface area contributed by atoms with Crippen LogP contribution in [0.1, 0.15) is 25.7 Å². The number of hydrogen-bond donors (Lipinski definition) is 1. The lowest BCUT2D eigenvalue weighted by molar-refractivity contribution is 0.0353. The molecular formula is C12H24N2O. The second kappa shape index (κ2) is 5.28. The molecule has 0 aromatic carbocycles. The van der Waals surface area contributed by atoms with Gasteiger partial charge in [-0.05, 0) is 25.8 Å². The van der Waals surface area contributed by atoms with Crippen molar-refractivity contribution in [3.05, 3.63) is 0 Å². The first kappa shape index (κ1) is 11.4. The lowest BCUT2D eigenvalue weighted by atomic mass is 9.84. The zero-order valence-electron chi connectivity index (χ0n) is 9.86. The van der Waals surface area contributed by atoms with Crippen molar-refractivity contribution in [1.29, 1.82) is 0 Å². The van der Waals surface area contributed by atoms with Crippen molar-refractivity contribution in [3.63, 3.8) is 0 Å². The molecule has 3 nitrogen and oxygen atoms in total. The Kier molecular flexibility index (Phi) is 4.00. The van der Waals surface area contributed by atoms with Gasteiger partial charge in [0, 0.05) is 38.8 Å². The summed E-state index contributed by atoms with van der Waals surface area (Å²) in [6, 6.07) is 0.664. The van der Waals surface area contributed by atoms with Crippen molar-refractivity contribution in [2.75, 3.05) is 39.8 Å². The molecular weight excluding hydrogens is 188 g/mol. The van der Waals surface area contributed by atoms with Gasteiger partial charge in [0.25, 0.3) is 0 Å². The van der Waals surface area contributed by atoms with Crippen LogP contribution in [0, 0.1) is 5.92 Å². The minimum absolute atomic E-state index is 0.386. The van der Waals surface area contributed by atoms with Gasteiger partial charge < -0.3 is 10.0 Å². The molecule has 1 N–H and O–H groups in total. The van der Waals surface area contributed by atoms with E-state index in [1.807, 2.05) is 0 Å². The van der Waals surface area contributed by atoms with Crippen LogP contribution in [0.5, 0.6) is 0 Å². The molecule has 0 amide bonds. The summed E-state index contributed by atoms with van der Waals surface area (Å²) in [5.74, 6) is 0.544. The Bertz CT molecular complexity index is 190. The molecule has 0 spiro atoms. The second-order valence-electron chi connectivity index (χ2n) is 5.13. The van der Waals surface area contributed by atoms with Gasteiger partial charge in [0.15, 0.2) is 0 Å². The fourth-order valence-corrected chi connectivity index (χ4v) is 3.04. The molecule has 88 valence electrons. The van der Waals surface area contributed by atoms with Gasteiger partial charge in [-0.1, -0.05) is 12.8 Å². The van der Waals surface area contributed by atoms with Crippen molar-refractivity contribution in [1.82, 2.24) is 9.80 Å². The molecule has 0 aromatic rings. The number of aliphatic hydroxyl groups excluding tert-OH is 1. The number of aliphatic hydroxyl groups is 1. The van der Waals surface area contributed by atoms with Crippen LogP contribution in [0.4, 0.5) is 0 Å². The smallest absolute Gasteiger partial charge is 0.0474 e. The van der Waals surface area contributed by atoms with Crippen molar-refractivity contribution < 1.29 is 5.11 Å². The van der Waals surface area contributed by atoms with Crippen molar-refractivity contribution >= 4 is 0 Å². The zero-order valence-corrected chi connectivity index (χ0v) is 9.86. The highest BCUT2D eigenvalue weighted by molar-refractivity contribution is 4.85. The van der Waals surface area contributed by atoms with Crippen molar-refractivity contribution in [2.45, 2.75) is 31.7 Å². The van der Waals surface area contributed by atoms with E-state index < -0.39 is 0 Å². The average molecular weight is 212 g/mol. The average Bonchev–Trinajstić information content (AvgIpc) is 2.30. The lowest BCUT2D eigenvalue weighted by Crippen LogP contribution is -2.52. The van der Waals surface area contributed by atoms with E-state index >= 15 is 0 Å². The maximum Gasteiger partial charge on any atom is 0.0474 e. The van der Waals surface area contributed by atoms with E-state index in [1.165, 1.54) is 51.9 Å². The number of nitrogens with zero attached hydrogens (tertiary/aromatic N) is 2. The van der Waals surface area contributed by atoms with Crippen LogP contribution in [0.2, 0.25) is 0 Å². The summed E-state index contributed by atoms with van der Waals surface area (Å²) in [7, 11) is 2.20. The standard InChI is InChI=1S/C12H24N2O/c1-13-6-8-14(9-7-13)12-5-3-2-4-11(12)10-15/h11-12,15H,2-10H2,1H3/t11-,12-/m0/s1. The van der Waals surface area contributed by atoms with E-state index in [0.29, 0.717) is 18.6 Å². The molecule has 0 radical (unpaired) electrons. The van der Waals surface area contributed by atoms with Crippen LogP contribution >= 0.6 is 0 Å². The SMILES string of the molecule is CN1CCN([C@H]2CCCC[C@H]2CO)CC1. The quantitative estimate of drug-likeness (QED) is 0.733. The minimum atomic E-state index is 0.386. The summed E-state index contributed by atoms with van der Waals surface area (Å²) in [6.07, 6.45) is 5.20. The Morgan fingerprint density at radius 3 is 2.40 bits per heavy atom. The highest BCUT2D eigenvalue weighted by atomic mass is 16.3. The topological polar surface area (TPSA) is 26.7 Å². The number of likely N-dealkylation sites (N-methyl/N-ethyl adjacent to an activating group) is 1. The first-order chi connectivity index (χ1) is 7.31. The Labute approximate surface area is 93.1 Å². The van der Waals surface area contributed by atoms with Crippen LogP contribution in [0.15, 0.2) is 0 Å². The van der Waals surface area contributed by atoms with E-state index in [-0.39, 0.29) is 0 Å². The highest BCUT2D eigenvalue weighted by Crippen LogP contribution is 2.28. The highest BCUT2D eigenvalue weighted by Gasteiger charge is 2.30. The van der Waals surface area contributed by atoms with Crippen LogP contribution < -0.4 is 0 Å². The summed E-state index contributed by atoms with van der Waals surface area (Å²) < 4.78 is 0. The Balaban J connectivity index is 1.90. The molecule has 2 fully saturated rings. The van der Waals surface area contributed by atoms with Crippen LogP contribution in [0.25, 0.3) is 0 Å². The van der Waals surface area contributed by atoms with Gasteiger partial charge in [-0.2, -0.15) is 0 Å². The van der Waals surface area contributed by atoms with Gasteiger partial charge in [0.2, 0.25) is 0 Å². The summed E-state index contributed by atoms with van der Waals surface area (Å²) in [5.41, 5.74) is 0. The third kappa shape index (κ3) is 2.71. The van der Waals surface area contributed by atoms with E-state index in [4.69, 9.17) is 0 Å². The molecule has 3 heteroatoms. The van der Waals surface area contributed by atoms with Crippen molar-refractivity contribution in [3.8, 4) is 0 Å². The number of rotatable bonds is 2. The Hall–Kier alpha value is -0.120. The summed E-state index contributed by atoms with van der Waals surface area (Å²) in [4.78, 5) is 5.01. The van der Waals surface area contributed by atoms with E-state index in [2.05, 4.69) is 16.8 Å². The lowest BCUT2D eigenvalue weighted by Gasteiger charge is -2.43. The van der Waals surface area contributed by atoms with Gasteiger partial charge in [0.1, 0.15) is 0 Å². The molecule has 1 saturated carbocycles. The summed E-state index contributed by atoms with van der Waals surface area (Å²) in [6.45, 7) is 5.15. The molecule has 15 heavy (non-hydrogen) atoms. The first-order valence-corrected chi connectivity index (χ1v) is 6.34. The predicted molar refractivity (Wildman–Crippen MR) is 61.9 cm³/mol. The molecule has 2 atom stereocenters. The van der Waals surface area contributed by atoms with E-state index in [0.717, 1.165) is 0 Å². The zero-order chi connectivity index (χ0) is 10.7. The monoisotopic (exact) mass is 212 g/mol. The number of piperazine rings is 1. The fourth-order valence-electron chi connectivity index (χ4n) is 3.04. The van der Waals surface area contributed by atoms with Gasteiger partial charge in [-0.25, -0.2) is 0 Å². The van der Waals surface area contributed by atoms with Crippen molar-refractivity contribution in [2.24, 2.45) is 5.92 Å². The maximum absolute atomic E-state index is 9.41. The molecule has 1 aliphatic heterocycles. The fraction of sp³-hybridized carbons (Fsp3) is 1.00. The summed E-state index contributed by atoms with van der Waals surface area (Å²) in [5, 5.41) is 9.41. The van der Waals surface area contributed by atoms with Gasteiger partial charge in [-0.15, -0.1) is 0 Å². The normalized spacial score (nSPS) is 35.6. The largest absolute Gasteiger partial charge is 0.396 e. The van der Waals surface area contributed by atoms with E-state index in [1.54, 1.807) is 0 Å². The van der Waals surface area contributed by atoms with Crippen LogP contribution in [0.3, 0.4) is 0 Å². The molecule has 0 unspecified atom stereocenters. The molecule has 1 aliphatic carbocycles. The summed E-state index contributed by atoms with van der Waals surface area (Å²) >= 11 is 0. The number of hydrogen-bond acceptors (Lipinski definition) is 3. The van der Waals surface area contributed by atoms with Gasteiger partial charge >= 0.3 is 0 Å².